The van der Waals surface area contributed by atoms with Crippen LogP contribution in [0.3, 0.4) is 0 Å². The van der Waals surface area contributed by atoms with Gasteiger partial charge in [0.25, 0.3) is 0 Å². The van der Waals surface area contributed by atoms with Crippen LogP contribution in [0, 0.1) is 5.92 Å². The van der Waals surface area contributed by atoms with Crippen LogP contribution in [0.1, 0.15) is 46.0 Å². The molecule has 2 heteroatoms. The molecular weight excluding hydrogens is 150 g/mol. The predicted molar refractivity (Wildman–Crippen MR) is 49.9 cm³/mol. The van der Waals surface area contributed by atoms with Crippen molar-refractivity contribution >= 4 is 5.91 Å². The van der Waals surface area contributed by atoms with Crippen molar-refractivity contribution in [2.75, 3.05) is 0 Å². The van der Waals surface area contributed by atoms with Crippen LogP contribution in [0.4, 0.5) is 0 Å². The van der Waals surface area contributed by atoms with Gasteiger partial charge in [-0.1, -0.05) is 26.2 Å². The first kappa shape index (κ1) is 9.56. The summed E-state index contributed by atoms with van der Waals surface area (Å²) in [6, 6.07) is 0.459. The second kappa shape index (κ2) is 4.48. The van der Waals surface area contributed by atoms with Crippen molar-refractivity contribution in [3.63, 3.8) is 0 Å². The van der Waals surface area contributed by atoms with Gasteiger partial charge < -0.3 is 5.32 Å². The van der Waals surface area contributed by atoms with E-state index in [1.54, 1.807) is 6.92 Å². The molecule has 12 heavy (non-hydrogen) atoms. The fourth-order valence-corrected chi connectivity index (χ4v) is 2.15. The van der Waals surface area contributed by atoms with Crippen molar-refractivity contribution < 1.29 is 4.79 Å². The lowest BCUT2D eigenvalue weighted by atomic mass is 9.83. The molecule has 0 bridgehead atoms. The highest BCUT2D eigenvalue weighted by molar-refractivity contribution is 5.73. The maximum absolute atomic E-state index is 10.9. The Hall–Kier alpha value is -0.530. The van der Waals surface area contributed by atoms with Gasteiger partial charge in [-0.05, 0) is 18.8 Å². The third kappa shape index (κ3) is 2.50. The van der Waals surface area contributed by atoms with E-state index in [0.29, 0.717) is 6.04 Å². The van der Waals surface area contributed by atoms with Crippen molar-refractivity contribution in [2.45, 2.75) is 52.0 Å². The van der Waals surface area contributed by atoms with Gasteiger partial charge in [-0.15, -0.1) is 0 Å². The molecule has 1 fully saturated rings. The SMILES string of the molecule is CCC1CCCCC1NC(C)=O. The minimum absolute atomic E-state index is 0.125. The van der Waals surface area contributed by atoms with Crippen LogP contribution in [0.2, 0.25) is 0 Å². The molecule has 0 saturated heterocycles. The van der Waals surface area contributed by atoms with Gasteiger partial charge >= 0.3 is 0 Å². The standard InChI is InChI=1S/C10H19NO/c1-3-9-6-4-5-7-10(9)11-8(2)12/h9-10H,3-7H2,1-2H3,(H,11,12). The molecule has 70 valence electrons. The molecule has 0 spiro atoms. The molecule has 0 aromatic rings. The lowest BCUT2D eigenvalue weighted by Crippen LogP contribution is -2.40. The van der Waals surface area contributed by atoms with Crippen molar-refractivity contribution in [3.05, 3.63) is 0 Å². The van der Waals surface area contributed by atoms with Crippen molar-refractivity contribution in [2.24, 2.45) is 5.92 Å². The van der Waals surface area contributed by atoms with Gasteiger partial charge in [0, 0.05) is 13.0 Å². The summed E-state index contributed by atoms with van der Waals surface area (Å²) in [5, 5.41) is 3.04. The Balaban J connectivity index is 2.41. The van der Waals surface area contributed by atoms with Crippen LogP contribution in [0.15, 0.2) is 0 Å². The van der Waals surface area contributed by atoms with Gasteiger partial charge in [-0.25, -0.2) is 0 Å². The van der Waals surface area contributed by atoms with Gasteiger partial charge in [0.2, 0.25) is 5.91 Å². The summed E-state index contributed by atoms with van der Waals surface area (Å²) >= 11 is 0. The molecule has 1 saturated carbocycles. The molecule has 0 aliphatic heterocycles. The van der Waals surface area contributed by atoms with E-state index in [1.807, 2.05) is 0 Å². The molecule has 0 aromatic heterocycles. The van der Waals surface area contributed by atoms with E-state index in [-0.39, 0.29) is 5.91 Å². The number of hydrogen-bond donors (Lipinski definition) is 1. The molecule has 1 aliphatic rings. The number of carbonyl (C=O) groups excluding carboxylic acids is 1. The number of hydrogen-bond acceptors (Lipinski definition) is 1. The predicted octanol–water partition coefficient (Wildman–Crippen LogP) is 2.09. The van der Waals surface area contributed by atoms with E-state index in [2.05, 4.69) is 12.2 Å². The zero-order valence-corrected chi connectivity index (χ0v) is 8.10. The molecular formula is C10H19NO. The number of rotatable bonds is 2. The maximum atomic E-state index is 10.9. The average molecular weight is 169 g/mol. The third-order valence-electron chi connectivity index (χ3n) is 2.82. The molecule has 2 unspecified atom stereocenters. The van der Waals surface area contributed by atoms with Crippen molar-refractivity contribution in [1.29, 1.82) is 0 Å². The summed E-state index contributed by atoms with van der Waals surface area (Å²) in [6.45, 7) is 3.83. The van der Waals surface area contributed by atoms with E-state index in [4.69, 9.17) is 0 Å². The van der Waals surface area contributed by atoms with Crippen LogP contribution in [0.25, 0.3) is 0 Å². The van der Waals surface area contributed by atoms with E-state index in [9.17, 15) is 4.79 Å². The monoisotopic (exact) mass is 169 g/mol. The molecule has 2 nitrogen and oxygen atoms in total. The Labute approximate surface area is 74.7 Å². The summed E-state index contributed by atoms with van der Waals surface area (Å²) in [7, 11) is 0. The Morgan fingerprint density at radius 2 is 2.08 bits per heavy atom. The molecule has 2 atom stereocenters. The quantitative estimate of drug-likeness (QED) is 0.673. The van der Waals surface area contributed by atoms with Crippen LogP contribution >= 0.6 is 0 Å². The molecule has 1 amide bonds. The largest absolute Gasteiger partial charge is 0.353 e. The summed E-state index contributed by atoms with van der Waals surface area (Å²) in [4.78, 5) is 10.9. The summed E-state index contributed by atoms with van der Waals surface area (Å²) < 4.78 is 0. The Morgan fingerprint density at radius 3 is 2.67 bits per heavy atom. The fraction of sp³-hybridized carbons (Fsp3) is 0.900. The maximum Gasteiger partial charge on any atom is 0.217 e. The van der Waals surface area contributed by atoms with Crippen LogP contribution in [0.5, 0.6) is 0 Å². The zero-order chi connectivity index (χ0) is 8.97. The average Bonchev–Trinajstić information content (AvgIpc) is 2.04. The minimum atomic E-state index is 0.125. The summed E-state index contributed by atoms with van der Waals surface area (Å²) in [5.41, 5.74) is 0. The molecule has 1 rings (SSSR count). The lowest BCUT2D eigenvalue weighted by Gasteiger charge is -2.31. The minimum Gasteiger partial charge on any atom is -0.353 e. The normalized spacial score (nSPS) is 29.8. The van der Waals surface area contributed by atoms with Gasteiger partial charge in [-0.3, -0.25) is 4.79 Å². The first-order chi connectivity index (χ1) is 5.74. The zero-order valence-electron chi connectivity index (χ0n) is 8.10. The molecule has 1 aliphatic carbocycles. The van der Waals surface area contributed by atoms with E-state index in [1.165, 1.54) is 32.1 Å². The van der Waals surface area contributed by atoms with Crippen LogP contribution in [-0.2, 0) is 4.79 Å². The summed E-state index contributed by atoms with van der Waals surface area (Å²) in [6.07, 6.45) is 6.29. The topological polar surface area (TPSA) is 29.1 Å². The van der Waals surface area contributed by atoms with Crippen LogP contribution < -0.4 is 5.32 Å². The van der Waals surface area contributed by atoms with E-state index >= 15 is 0 Å². The second-order valence-corrected chi connectivity index (χ2v) is 3.76. The van der Waals surface area contributed by atoms with Gasteiger partial charge in [0.05, 0.1) is 0 Å². The van der Waals surface area contributed by atoms with Gasteiger partial charge in [0.15, 0.2) is 0 Å². The highest BCUT2D eigenvalue weighted by Gasteiger charge is 2.23. The molecule has 1 N–H and O–H groups in total. The Bertz CT molecular complexity index is 156. The van der Waals surface area contributed by atoms with Gasteiger partial charge in [0.1, 0.15) is 0 Å². The molecule has 0 radical (unpaired) electrons. The number of amides is 1. The second-order valence-electron chi connectivity index (χ2n) is 3.76. The fourth-order valence-electron chi connectivity index (χ4n) is 2.15. The first-order valence-electron chi connectivity index (χ1n) is 5.01. The van der Waals surface area contributed by atoms with E-state index in [0.717, 1.165) is 5.92 Å². The highest BCUT2D eigenvalue weighted by Crippen LogP contribution is 2.26. The highest BCUT2D eigenvalue weighted by atomic mass is 16.1. The number of carbonyl (C=O) groups is 1. The molecule has 0 aromatic carbocycles. The smallest absolute Gasteiger partial charge is 0.217 e. The Kier molecular flexibility index (Phi) is 3.57. The lowest BCUT2D eigenvalue weighted by molar-refractivity contribution is -0.120. The van der Waals surface area contributed by atoms with E-state index < -0.39 is 0 Å². The first-order valence-corrected chi connectivity index (χ1v) is 5.01. The van der Waals surface area contributed by atoms with Crippen molar-refractivity contribution in [1.82, 2.24) is 5.32 Å². The summed E-state index contributed by atoms with van der Waals surface area (Å²) in [5.74, 6) is 0.850. The number of nitrogens with one attached hydrogen (secondary N) is 1. The van der Waals surface area contributed by atoms with Crippen LogP contribution in [-0.4, -0.2) is 11.9 Å². The molecule has 0 heterocycles. The third-order valence-corrected chi connectivity index (χ3v) is 2.82. The van der Waals surface area contributed by atoms with Crippen molar-refractivity contribution in [3.8, 4) is 0 Å². The van der Waals surface area contributed by atoms with Gasteiger partial charge in [-0.2, -0.15) is 0 Å². The Morgan fingerprint density at radius 1 is 1.42 bits per heavy atom.